The van der Waals surface area contributed by atoms with Crippen LogP contribution in [0.1, 0.15) is 39.2 Å². The summed E-state index contributed by atoms with van der Waals surface area (Å²) in [7, 11) is 0. The van der Waals surface area contributed by atoms with E-state index in [9.17, 15) is 4.79 Å². The Bertz CT molecular complexity index is 602. The Morgan fingerprint density at radius 3 is 2.74 bits per heavy atom. The maximum atomic E-state index is 12.2. The second-order valence-electron chi connectivity index (χ2n) is 6.13. The molecule has 2 rings (SSSR count). The van der Waals surface area contributed by atoms with E-state index in [0.29, 0.717) is 41.9 Å². The van der Waals surface area contributed by atoms with Crippen LogP contribution in [0.2, 0.25) is 10.0 Å². The fourth-order valence-corrected chi connectivity index (χ4v) is 2.80. The Morgan fingerprint density at radius 1 is 1.39 bits per heavy atom. The fraction of sp³-hybridized carbons (Fsp3) is 0.529. The Kier molecular flexibility index (Phi) is 6.31. The zero-order chi connectivity index (χ0) is 17.0. The van der Waals surface area contributed by atoms with Gasteiger partial charge in [-0.2, -0.15) is 0 Å². The summed E-state index contributed by atoms with van der Waals surface area (Å²) in [5.74, 6) is 0.512. The van der Waals surface area contributed by atoms with Gasteiger partial charge in [-0.05, 0) is 25.0 Å². The van der Waals surface area contributed by atoms with Crippen molar-refractivity contribution in [2.45, 2.75) is 39.7 Å². The molecule has 1 aliphatic rings. The average molecular weight is 357 g/mol. The third-order valence-corrected chi connectivity index (χ3v) is 4.47. The van der Waals surface area contributed by atoms with Gasteiger partial charge in [0, 0.05) is 24.9 Å². The summed E-state index contributed by atoms with van der Waals surface area (Å²) in [4.78, 5) is 19.5. The maximum Gasteiger partial charge on any atom is 0.222 e. The molecular formula is C17H22Cl2N2O2. The molecule has 1 aliphatic heterocycles. The van der Waals surface area contributed by atoms with Crippen LogP contribution < -0.4 is 0 Å². The van der Waals surface area contributed by atoms with Crippen LogP contribution in [0.4, 0.5) is 0 Å². The summed E-state index contributed by atoms with van der Waals surface area (Å²) in [5, 5.41) is 5.16. The van der Waals surface area contributed by atoms with Crippen molar-refractivity contribution in [2.75, 3.05) is 13.1 Å². The Morgan fingerprint density at radius 2 is 2.13 bits per heavy atom. The van der Waals surface area contributed by atoms with Crippen LogP contribution in [-0.2, 0) is 9.63 Å². The minimum absolute atomic E-state index is 0.115. The van der Waals surface area contributed by atoms with E-state index in [1.807, 2.05) is 31.7 Å². The lowest BCUT2D eigenvalue weighted by Gasteiger charge is -2.24. The molecule has 23 heavy (non-hydrogen) atoms. The molecule has 0 aliphatic carbocycles. The molecule has 0 unspecified atom stereocenters. The molecule has 0 spiro atoms. The third-order valence-electron chi connectivity index (χ3n) is 3.73. The lowest BCUT2D eigenvalue weighted by Crippen LogP contribution is -2.38. The number of amides is 1. The summed E-state index contributed by atoms with van der Waals surface area (Å²) >= 11 is 12.0. The molecule has 4 nitrogen and oxygen atoms in total. The van der Waals surface area contributed by atoms with E-state index >= 15 is 0 Å². The predicted octanol–water partition coefficient (Wildman–Crippen LogP) is 4.38. The van der Waals surface area contributed by atoms with Crippen molar-refractivity contribution in [1.82, 2.24) is 4.90 Å². The molecule has 0 aromatic heterocycles. The van der Waals surface area contributed by atoms with E-state index in [-0.39, 0.29) is 12.0 Å². The van der Waals surface area contributed by atoms with Crippen LogP contribution in [0.15, 0.2) is 23.4 Å². The first-order valence-corrected chi connectivity index (χ1v) is 8.62. The normalized spacial score (nSPS) is 17.1. The second-order valence-corrected chi connectivity index (χ2v) is 6.94. The van der Waals surface area contributed by atoms with Crippen LogP contribution in [0.25, 0.3) is 0 Å². The van der Waals surface area contributed by atoms with E-state index < -0.39 is 0 Å². The van der Waals surface area contributed by atoms with Crippen molar-refractivity contribution in [3.05, 3.63) is 33.8 Å². The molecular weight excluding hydrogens is 335 g/mol. The molecule has 0 saturated heterocycles. The molecule has 1 heterocycles. The number of carbonyl (C=O) groups is 1. The van der Waals surface area contributed by atoms with Gasteiger partial charge in [0.1, 0.15) is 0 Å². The first-order valence-electron chi connectivity index (χ1n) is 7.86. The van der Waals surface area contributed by atoms with Crippen LogP contribution in [0, 0.1) is 5.92 Å². The van der Waals surface area contributed by atoms with E-state index in [1.54, 1.807) is 12.1 Å². The Balaban J connectivity index is 1.95. The summed E-state index contributed by atoms with van der Waals surface area (Å²) in [5.41, 5.74) is 1.74. The summed E-state index contributed by atoms with van der Waals surface area (Å²) in [6, 6.07) is 5.41. The van der Waals surface area contributed by atoms with Crippen LogP contribution >= 0.6 is 23.2 Å². The molecule has 0 radical (unpaired) electrons. The van der Waals surface area contributed by atoms with Crippen LogP contribution in [0.3, 0.4) is 0 Å². The molecule has 0 fully saturated rings. The molecule has 0 bridgehead atoms. The number of hydrogen-bond acceptors (Lipinski definition) is 3. The molecule has 6 heteroatoms. The van der Waals surface area contributed by atoms with Crippen molar-refractivity contribution < 1.29 is 9.63 Å². The molecule has 1 atom stereocenters. The van der Waals surface area contributed by atoms with E-state index in [2.05, 4.69) is 5.16 Å². The predicted molar refractivity (Wildman–Crippen MR) is 94.2 cm³/mol. The quantitative estimate of drug-likeness (QED) is 0.758. The van der Waals surface area contributed by atoms with Gasteiger partial charge in [-0.15, -0.1) is 0 Å². The minimum atomic E-state index is -0.115. The number of nitrogens with zero attached hydrogens (tertiary/aromatic N) is 2. The molecule has 126 valence electrons. The van der Waals surface area contributed by atoms with Crippen molar-refractivity contribution in [1.29, 1.82) is 0 Å². The zero-order valence-electron chi connectivity index (χ0n) is 13.7. The molecule has 1 aromatic carbocycles. The van der Waals surface area contributed by atoms with Gasteiger partial charge < -0.3 is 9.74 Å². The highest BCUT2D eigenvalue weighted by Crippen LogP contribution is 2.25. The number of rotatable bonds is 6. The Labute approximate surface area is 147 Å². The SMILES string of the molecule is CCN(C[C@@H]1CC(c2ccc(Cl)c(Cl)c2)=NO1)C(=O)CC(C)C. The van der Waals surface area contributed by atoms with Crippen LogP contribution in [-0.4, -0.2) is 35.7 Å². The van der Waals surface area contributed by atoms with Crippen molar-refractivity contribution in [3.8, 4) is 0 Å². The first kappa shape index (κ1) is 18.1. The highest BCUT2D eigenvalue weighted by atomic mass is 35.5. The van der Waals surface area contributed by atoms with Gasteiger partial charge in [-0.1, -0.05) is 48.3 Å². The zero-order valence-corrected chi connectivity index (χ0v) is 15.2. The maximum absolute atomic E-state index is 12.2. The van der Waals surface area contributed by atoms with Gasteiger partial charge >= 0.3 is 0 Å². The Hall–Kier alpha value is -1.26. The summed E-state index contributed by atoms with van der Waals surface area (Å²) < 4.78 is 0. The molecule has 1 aromatic rings. The first-order chi connectivity index (χ1) is 10.9. The monoisotopic (exact) mass is 356 g/mol. The number of halogens is 2. The van der Waals surface area contributed by atoms with Gasteiger partial charge in [-0.3, -0.25) is 4.79 Å². The molecule has 0 saturated carbocycles. The average Bonchev–Trinajstić information content (AvgIpc) is 2.95. The van der Waals surface area contributed by atoms with Crippen LogP contribution in [0.5, 0.6) is 0 Å². The third kappa shape index (κ3) is 4.85. The van der Waals surface area contributed by atoms with Crippen molar-refractivity contribution >= 4 is 34.8 Å². The van der Waals surface area contributed by atoms with Crippen molar-refractivity contribution in [2.24, 2.45) is 11.1 Å². The van der Waals surface area contributed by atoms with Gasteiger partial charge in [0.15, 0.2) is 6.10 Å². The van der Waals surface area contributed by atoms with E-state index in [4.69, 9.17) is 28.0 Å². The van der Waals surface area contributed by atoms with Gasteiger partial charge in [0.05, 0.1) is 22.3 Å². The number of hydrogen-bond donors (Lipinski definition) is 0. The van der Waals surface area contributed by atoms with Gasteiger partial charge in [-0.25, -0.2) is 0 Å². The largest absolute Gasteiger partial charge is 0.390 e. The molecule has 1 amide bonds. The van der Waals surface area contributed by atoms with E-state index in [1.165, 1.54) is 0 Å². The second kappa shape index (κ2) is 8.02. The van der Waals surface area contributed by atoms with Gasteiger partial charge in [0.2, 0.25) is 5.91 Å². The fourth-order valence-electron chi connectivity index (χ4n) is 2.50. The minimum Gasteiger partial charge on any atom is -0.390 e. The topological polar surface area (TPSA) is 41.9 Å². The summed E-state index contributed by atoms with van der Waals surface area (Å²) in [6.45, 7) is 7.30. The number of carbonyl (C=O) groups excluding carboxylic acids is 1. The summed E-state index contributed by atoms with van der Waals surface area (Å²) in [6.07, 6.45) is 1.10. The number of benzene rings is 1. The van der Waals surface area contributed by atoms with Gasteiger partial charge in [0.25, 0.3) is 0 Å². The number of likely N-dealkylation sites (N-methyl/N-ethyl adjacent to an activating group) is 1. The van der Waals surface area contributed by atoms with E-state index in [0.717, 1.165) is 11.3 Å². The smallest absolute Gasteiger partial charge is 0.222 e. The molecule has 0 N–H and O–H groups in total. The lowest BCUT2D eigenvalue weighted by molar-refractivity contribution is -0.133. The highest BCUT2D eigenvalue weighted by Gasteiger charge is 2.26. The number of oxime groups is 1. The lowest BCUT2D eigenvalue weighted by atomic mass is 10.0. The van der Waals surface area contributed by atoms with Crippen molar-refractivity contribution in [3.63, 3.8) is 0 Å². The highest BCUT2D eigenvalue weighted by molar-refractivity contribution is 6.42. The standard InChI is InChI=1S/C17H22Cl2N2O2/c1-4-21(17(22)7-11(2)3)10-13-9-16(20-23-13)12-5-6-14(18)15(19)8-12/h5-6,8,11,13H,4,7,9-10H2,1-3H3/t13-/m0/s1.